The van der Waals surface area contributed by atoms with Gasteiger partial charge in [-0.1, -0.05) is 19.4 Å². The van der Waals surface area contributed by atoms with Gasteiger partial charge in [-0.05, 0) is 31.3 Å². The number of hydrogen-bond donors (Lipinski definition) is 2. The van der Waals surface area contributed by atoms with Gasteiger partial charge in [0.2, 0.25) is 0 Å². The van der Waals surface area contributed by atoms with E-state index in [0.717, 1.165) is 19.6 Å². The maximum Gasteiger partial charge on any atom is 0.327 e. The van der Waals surface area contributed by atoms with Crippen molar-refractivity contribution >= 4 is 5.97 Å². The van der Waals surface area contributed by atoms with E-state index in [1.165, 1.54) is 12.8 Å². The van der Waals surface area contributed by atoms with Gasteiger partial charge in [0.15, 0.2) is 0 Å². The van der Waals surface area contributed by atoms with Crippen molar-refractivity contribution in [3.05, 3.63) is 0 Å². The lowest BCUT2D eigenvalue weighted by atomic mass is 9.83. The number of carbonyl (C=O) groups excluding carboxylic acids is 1. The van der Waals surface area contributed by atoms with Gasteiger partial charge in [0.05, 0.1) is 6.42 Å². The predicted octanol–water partition coefficient (Wildman–Crippen LogP) is 0.420. The summed E-state index contributed by atoms with van der Waals surface area (Å²) in [6.45, 7) is 7.47. The molecule has 88 valence electrons. The Balaban J connectivity index is 2.16. The Morgan fingerprint density at radius 1 is 1.47 bits per heavy atom. The Hall–Kier alpha value is -0.650. The maximum atomic E-state index is 11.0. The van der Waals surface area contributed by atoms with Crippen molar-refractivity contribution < 1.29 is 9.63 Å². The molecule has 0 aromatic carbocycles. The molecule has 0 atom stereocenters. The van der Waals surface area contributed by atoms with Crippen LogP contribution in [0, 0.1) is 5.41 Å². The Kier molecular flexibility index (Phi) is 4.50. The lowest BCUT2D eigenvalue weighted by molar-refractivity contribution is -0.151. The molecule has 0 bridgehead atoms. The Morgan fingerprint density at radius 2 is 2.07 bits per heavy atom. The molecular formula is C10H21N3O2. The van der Waals surface area contributed by atoms with Crippen LogP contribution >= 0.6 is 0 Å². The normalized spacial score (nSPS) is 21.3. The third-order valence-corrected chi connectivity index (χ3v) is 3.01. The summed E-state index contributed by atoms with van der Waals surface area (Å²) >= 11 is 0. The van der Waals surface area contributed by atoms with E-state index in [4.69, 9.17) is 5.84 Å². The first-order valence-corrected chi connectivity index (χ1v) is 5.41. The number of nitrogens with zero attached hydrogens (tertiary/aromatic N) is 1. The SMILES string of the molecule is CC1(C)CCN(CCC(=O)ONN)CC1. The average molecular weight is 215 g/mol. The quantitative estimate of drug-likeness (QED) is 0.525. The van der Waals surface area contributed by atoms with Crippen LogP contribution in [0.2, 0.25) is 0 Å². The molecule has 0 radical (unpaired) electrons. The summed E-state index contributed by atoms with van der Waals surface area (Å²) in [4.78, 5) is 17.8. The second kappa shape index (κ2) is 5.44. The van der Waals surface area contributed by atoms with E-state index in [2.05, 4.69) is 23.6 Å². The molecule has 0 aromatic heterocycles. The van der Waals surface area contributed by atoms with Crippen molar-refractivity contribution in [2.75, 3.05) is 19.6 Å². The Bertz CT molecular complexity index is 209. The first-order chi connectivity index (χ1) is 7.03. The predicted molar refractivity (Wildman–Crippen MR) is 57.5 cm³/mol. The van der Waals surface area contributed by atoms with Crippen molar-refractivity contribution in [3.8, 4) is 0 Å². The van der Waals surface area contributed by atoms with E-state index < -0.39 is 0 Å². The molecule has 0 saturated carbocycles. The second-order valence-electron chi connectivity index (χ2n) is 4.85. The van der Waals surface area contributed by atoms with Gasteiger partial charge in [0.1, 0.15) is 0 Å². The highest BCUT2D eigenvalue weighted by Gasteiger charge is 2.25. The van der Waals surface area contributed by atoms with Gasteiger partial charge in [0.25, 0.3) is 0 Å². The number of hydrazine groups is 1. The van der Waals surface area contributed by atoms with E-state index in [1.54, 1.807) is 0 Å². The molecule has 1 saturated heterocycles. The zero-order chi connectivity index (χ0) is 11.3. The fraction of sp³-hybridized carbons (Fsp3) is 0.900. The minimum absolute atomic E-state index is 0.303. The zero-order valence-corrected chi connectivity index (χ0v) is 9.58. The maximum absolute atomic E-state index is 11.0. The van der Waals surface area contributed by atoms with E-state index in [1.807, 2.05) is 5.59 Å². The molecule has 0 spiro atoms. The molecule has 5 nitrogen and oxygen atoms in total. The smallest absolute Gasteiger partial charge is 0.327 e. The number of carbonyl (C=O) groups is 1. The van der Waals surface area contributed by atoms with Crippen LogP contribution in [0.5, 0.6) is 0 Å². The van der Waals surface area contributed by atoms with Crippen LogP contribution in [0.15, 0.2) is 0 Å². The highest BCUT2D eigenvalue weighted by Crippen LogP contribution is 2.29. The topological polar surface area (TPSA) is 67.6 Å². The van der Waals surface area contributed by atoms with Crippen molar-refractivity contribution in [2.24, 2.45) is 11.3 Å². The van der Waals surface area contributed by atoms with Crippen LogP contribution in [0.4, 0.5) is 0 Å². The van der Waals surface area contributed by atoms with Crippen LogP contribution in [0.1, 0.15) is 33.1 Å². The molecule has 0 unspecified atom stereocenters. The number of nitrogens with two attached hydrogens (primary N) is 1. The summed E-state index contributed by atoms with van der Waals surface area (Å²) in [5, 5.41) is 0. The molecule has 0 aromatic rings. The first-order valence-electron chi connectivity index (χ1n) is 5.41. The largest absolute Gasteiger partial charge is 0.356 e. The minimum atomic E-state index is -0.303. The van der Waals surface area contributed by atoms with Gasteiger partial charge >= 0.3 is 5.97 Å². The van der Waals surface area contributed by atoms with E-state index in [-0.39, 0.29) is 5.97 Å². The fourth-order valence-corrected chi connectivity index (χ4v) is 1.75. The summed E-state index contributed by atoms with van der Waals surface area (Å²) < 4.78 is 0. The van der Waals surface area contributed by atoms with E-state index in [9.17, 15) is 4.79 Å². The monoisotopic (exact) mass is 215 g/mol. The number of piperidine rings is 1. The summed E-state index contributed by atoms with van der Waals surface area (Å²) in [5.41, 5.74) is 2.35. The van der Waals surface area contributed by atoms with Gasteiger partial charge in [-0.15, -0.1) is 0 Å². The Morgan fingerprint density at radius 3 is 2.60 bits per heavy atom. The number of hydrogen-bond acceptors (Lipinski definition) is 5. The molecule has 1 fully saturated rings. The van der Waals surface area contributed by atoms with Gasteiger partial charge in [-0.3, -0.25) is 4.79 Å². The van der Waals surface area contributed by atoms with E-state index >= 15 is 0 Å². The molecule has 0 aliphatic carbocycles. The van der Waals surface area contributed by atoms with Crippen LogP contribution in [-0.4, -0.2) is 30.5 Å². The molecule has 1 aliphatic rings. The number of nitrogens with one attached hydrogen (secondary N) is 1. The minimum Gasteiger partial charge on any atom is -0.356 e. The van der Waals surface area contributed by atoms with Gasteiger partial charge in [0, 0.05) is 6.54 Å². The third kappa shape index (κ3) is 4.59. The van der Waals surface area contributed by atoms with E-state index in [0.29, 0.717) is 11.8 Å². The zero-order valence-electron chi connectivity index (χ0n) is 9.58. The molecule has 1 rings (SSSR count). The highest BCUT2D eigenvalue weighted by atomic mass is 16.7. The van der Waals surface area contributed by atoms with Crippen LogP contribution in [-0.2, 0) is 9.63 Å². The van der Waals surface area contributed by atoms with Crippen LogP contribution in [0.25, 0.3) is 0 Å². The lowest BCUT2D eigenvalue weighted by Crippen LogP contribution is -2.39. The summed E-state index contributed by atoms with van der Waals surface area (Å²) in [6, 6.07) is 0. The van der Waals surface area contributed by atoms with Crippen LogP contribution < -0.4 is 11.4 Å². The standard InChI is InChI=1S/C10H21N3O2/c1-10(2)4-7-13(8-5-10)6-3-9(14)15-12-11/h12H,3-8,11H2,1-2H3. The molecule has 0 amide bonds. The molecule has 15 heavy (non-hydrogen) atoms. The fourth-order valence-electron chi connectivity index (χ4n) is 1.75. The van der Waals surface area contributed by atoms with Crippen molar-refractivity contribution in [1.29, 1.82) is 0 Å². The van der Waals surface area contributed by atoms with Crippen molar-refractivity contribution in [2.45, 2.75) is 33.1 Å². The van der Waals surface area contributed by atoms with Crippen molar-refractivity contribution in [1.82, 2.24) is 10.5 Å². The summed E-state index contributed by atoms with van der Waals surface area (Å²) in [5.74, 6) is 4.56. The number of likely N-dealkylation sites (tertiary alicyclic amines) is 1. The number of rotatable bonds is 4. The molecule has 1 heterocycles. The molecule has 5 heteroatoms. The van der Waals surface area contributed by atoms with Crippen LogP contribution in [0.3, 0.4) is 0 Å². The van der Waals surface area contributed by atoms with Gasteiger partial charge in [-0.25, -0.2) is 5.84 Å². The lowest BCUT2D eigenvalue weighted by Gasteiger charge is -2.36. The molecule has 3 N–H and O–H groups in total. The highest BCUT2D eigenvalue weighted by molar-refractivity contribution is 5.69. The second-order valence-corrected chi connectivity index (χ2v) is 4.85. The molecule has 1 aliphatic heterocycles. The average Bonchev–Trinajstić information content (AvgIpc) is 2.17. The van der Waals surface area contributed by atoms with Gasteiger partial charge in [-0.2, -0.15) is 0 Å². The molecular weight excluding hydrogens is 194 g/mol. The third-order valence-electron chi connectivity index (χ3n) is 3.01. The first kappa shape index (κ1) is 12.4. The summed E-state index contributed by atoms with van der Waals surface area (Å²) in [6.07, 6.45) is 2.78. The Labute approximate surface area is 90.9 Å². The van der Waals surface area contributed by atoms with Crippen molar-refractivity contribution in [3.63, 3.8) is 0 Å². The van der Waals surface area contributed by atoms with Gasteiger partial charge < -0.3 is 9.74 Å². The summed E-state index contributed by atoms with van der Waals surface area (Å²) in [7, 11) is 0.